The van der Waals surface area contributed by atoms with Crippen LogP contribution in [0.3, 0.4) is 0 Å². The molecule has 6 nitrogen and oxygen atoms in total. The smallest absolute Gasteiger partial charge is 0.246 e. The number of hydrogen-bond acceptors (Lipinski definition) is 4. The SMILES string of the molecule is CCCOCC(=O)N[C@H]1CCCN(c2cnn(C)c2)C1. The number of nitrogens with one attached hydrogen (secondary N) is 1. The molecule has 1 saturated heterocycles. The maximum Gasteiger partial charge on any atom is 0.246 e. The van der Waals surface area contributed by atoms with Gasteiger partial charge in [-0.05, 0) is 19.3 Å². The molecule has 2 heterocycles. The third-order valence-corrected chi connectivity index (χ3v) is 3.42. The van der Waals surface area contributed by atoms with Gasteiger partial charge in [0.25, 0.3) is 0 Å². The van der Waals surface area contributed by atoms with Gasteiger partial charge in [0, 0.05) is 39.0 Å². The molecule has 0 aliphatic carbocycles. The first-order valence-electron chi connectivity index (χ1n) is 7.29. The van der Waals surface area contributed by atoms with Gasteiger partial charge in [0.2, 0.25) is 5.91 Å². The van der Waals surface area contributed by atoms with Crippen LogP contribution in [-0.2, 0) is 16.6 Å². The quantitative estimate of drug-likeness (QED) is 0.788. The summed E-state index contributed by atoms with van der Waals surface area (Å²) in [6.45, 7) is 4.69. The highest BCUT2D eigenvalue weighted by Crippen LogP contribution is 2.18. The van der Waals surface area contributed by atoms with E-state index in [1.165, 1.54) is 0 Å². The van der Waals surface area contributed by atoms with Gasteiger partial charge in [-0.25, -0.2) is 0 Å². The molecule has 1 fully saturated rings. The largest absolute Gasteiger partial charge is 0.372 e. The molecule has 6 heteroatoms. The Labute approximate surface area is 120 Å². The Hall–Kier alpha value is -1.56. The van der Waals surface area contributed by atoms with Crippen LogP contribution in [0.5, 0.6) is 0 Å². The summed E-state index contributed by atoms with van der Waals surface area (Å²) in [5, 5.41) is 7.25. The molecule has 0 unspecified atom stereocenters. The summed E-state index contributed by atoms with van der Waals surface area (Å²) in [5.41, 5.74) is 1.12. The van der Waals surface area contributed by atoms with E-state index in [9.17, 15) is 4.79 Å². The van der Waals surface area contributed by atoms with E-state index in [-0.39, 0.29) is 18.6 Å². The second-order valence-corrected chi connectivity index (χ2v) is 5.28. The molecular weight excluding hydrogens is 256 g/mol. The Balaban J connectivity index is 1.80. The molecule has 1 aromatic rings. The topological polar surface area (TPSA) is 59.4 Å². The van der Waals surface area contributed by atoms with E-state index < -0.39 is 0 Å². The maximum absolute atomic E-state index is 11.8. The van der Waals surface area contributed by atoms with Crippen molar-refractivity contribution in [1.82, 2.24) is 15.1 Å². The minimum atomic E-state index is -0.0171. The molecule has 0 bridgehead atoms. The first-order chi connectivity index (χ1) is 9.69. The number of carbonyl (C=O) groups is 1. The van der Waals surface area contributed by atoms with E-state index >= 15 is 0 Å². The Morgan fingerprint density at radius 3 is 3.15 bits per heavy atom. The van der Waals surface area contributed by atoms with E-state index in [0.717, 1.165) is 38.0 Å². The van der Waals surface area contributed by atoms with Crippen LogP contribution in [0.1, 0.15) is 26.2 Å². The molecule has 0 aromatic carbocycles. The van der Waals surface area contributed by atoms with E-state index in [2.05, 4.69) is 15.3 Å². The monoisotopic (exact) mass is 280 g/mol. The minimum absolute atomic E-state index is 0.0171. The molecule has 0 spiro atoms. The average molecular weight is 280 g/mol. The molecule has 1 aromatic heterocycles. The van der Waals surface area contributed by atoms with Gasteiger partial charge in [-0.3, -0.25) is 9.48 Å². The van der Waals surface area contributed by atoms with Gasteiger partial charge in [0.1, 0.15) is 6.61 Å². The number of amides is 1. The Bertz CT molecular complexity index is 433. The van der Waals surface area contributed by atoms with Crippen LogP contribution < -0.4 is 10.2 Å². The van der Waals surface area contributed by atoms with Crippen LogP contribution in [0, 0.1) is 0 Å². The number of aromatic nitrogens is 2. The number of ether oxygens (including phenoxy) is 1. The Kier molecular flexibility index (Phi) is 5.40. The molecule has 1 aliphatic rings. The summed E-state index contributed by atoms with van der Waals surface area (Å²) in [7, 11) is 1.91. The summed E-state index contributed by atoms with van der Waals surface area (Å²) < 4.78 is 7.06. The van der Waals surface area contributed by atoms with Gasteiger partial charge in [-0.1, -0.05) is 6.92 Å². The fourth-order valence-electron chi connectivity index (χ4n) is 2.48. The van der Waals surface area contributed by atoms with E-state index in [1.54, 1.807) is 4.68 Å². The van der Waals surface area contributed by atoms with E-state index in [0.29, 0.717) is 6.61 Å². The minimum Gasteiger partial charge on any atom is -0.372 e. The lowest BCUT2D eigenvalue weighted by Crippen LogP contribution is -2.48. The number of piperidine rings is 1. The lowest BCUT2D eigenvalue weighted by molar-refractivity contribution is -0.126. The van der Waals surface area contributed by atoms with Crippen molar-refractivity contribution in [3.8, 4) is 0 Å². The zero-order valence-electron chi connectivity index (χ0n) is 12.3. The third-order valence-electron chi connectivity index (χ3n) is 3.42. The third kappa shape index (κ3) is 4.23. The number of anilines is 1. The van der Waals surface area contributed by atoms with Crippen molar-refractivity contribution < 1.29 is 9.53 Å². The Morgan fingerprint density at radius 2 is 2.45 bits per heavy atom. The normalized spacial score (nSPS) is 19.1. The average Bonchev–Trinajstić information content (AvgIpc) is 2.86. The van der Waals surface area contributed by atoms with Crippen molar-refractivity contribution in [2.75, 3.05) is 31.2 Å². The predicted octanol–water partition coefficient (Wildman–Crippen LogP) is 0.932. The van der Waals surface area contributed by atoms with Crippen LogP contribution in [0.15, 0.2) is 12.4 Å². The van der Waals surface area contributed by atoms with Crippen LogP contribution in [0.25, 0.3) is 0 Å². The molecule has 0 radical (unpaired) electrons. The summed E-state index contributed by atoms with van der Waals surface area (Å²) in [6.07, 6.45) is 6.92. The summed E-state index contributed by atoms with van der Waals surface area (Å²) in [5.74, 6) is -0.0171. The van der Waals surface area contributed by atoms with Gasteiger partial charge >= 0.3 is 0 Å². The number of carbonyl (C=O) groups excluding carboxylic acids is 1. The summed E-state index contributed by atoms with van der Waals surface area (Å²) >= 11 is 0. The van der Waals surface area contributed by atoms with Crippen molar-refractivity contribution in [1.29, 1.82) is 0 Å². The second-order valence-electron chi connectivity index (χ2n) is 5.28. The molecule has 1 aliphatic heterocycles. The lowest BCUT2D eigenvalue weighted by Gasteiger charge is -2.33. The highest BCUT2D eigenvalue weighted by Gasteiger charge is 2.22. The standard InChI is InChI=1S/C14H24N4O2/c1-3-7-20-11-14(19)16-12-5-4-6-18(9-12)13-8-15-17(2)10-13/h8,10,12H,3-7,9,11H2,1-2H3,(H,16,19)/t12-/m0/s1. The van der Waals surface area contributed by atoms with Crippen LogP contribution >= 0.6 is 0 Å². The van der Waals surface area contributed by atoms with Crippen LogP contribution in [-0.4, -0.2) is 48.0 Å². The lowest BCUT2D eigenvalue weighted by atomic mass is 10.1. The summed E-state index contributed by atoms with van der Waals surface area (Å²) in [6, 6.07) is 0.196. The molecule has 20 heavy (non-hydrogen) atoms. The van der Waals surface area contributed by atoms with Crippen molar-refractivity contribution in [2.24, 2.45) is 7.05 Å². The second kappa shape index (κ2) is 7.28. The number of aryl methyl sites for hydroxylation is 1. The fourth-order valence-corrected chi connectivity index (χ4v) is 2.48. The predicted molar refractivity (Wildman–Crippen MR) is 77.7 cm³/mol. The van der Waals surface area contributed by atoms with Crippen LogP contribution in [0.4, 0.5) is 5.69 Å². The highest BCUT2D eigenvalue weighted by molar-refractivity contribution is 5.77. The Morgan fingerprint density at radius 1 is 1.60 bits per heavy atom. The molecular formula is C14H24N4O2. The van der Waals surface area contributed by atoms with Crippen molar-refractivity contribution in [2.45, 2.75) is 32.2 Å². The van der Waals surface area contributed by atoms with Gasteiger partial charge in [-0.2, -0.15) is 5.10 Å². The maximum atomic E-state index is 11.8. The van der Waals surface area contributed by atoms with E-state index in [4.69, 9.17) is 4.74 Å². The molecule has 1 atom stereocenters. The van der Waals surface area contributed by atoms with Gasteiger partial charge in [0.15, 0.2) is 0 Å². The molecule has 1 N–H and O–H groups in total. The molecule has 1 amide bonds. The first-order valence-corrected chi connectivity index (χ1v) is 7.29. The number of rotatable bonds is 6. The van der Waals surface area contributed by atoms with Gasteiger partial charge in [0.05, 0.1) is 11.9 Å². The molecule has 0 saturated carbocycles. The fraction of sp³-hybridized carbons (Fsp3) is 0.714. The van der Waals surface area contributed by atoms with E-state index in [1.807, 2.05) is 26.4 Å². The summed E-state index contributed by atoms with van der Waals surface area (Å²) in [4.78, 5) is 14.0. The van der Waals surface area contributed by atoms with Crippen molar-refractivity contribution >= 4 is 11.6 Å². The number of nitrogens with zero attached hydrogens (tertiary/aromatic N) is 3. The van der Waals surface area contributed by atoms with Gasteiger partial charge in [-0.15, -0.1) is 0 Å². The van der Waals surface area contributed by atoms with Gasteiger partial charge < -0.3 is 15.0 Å². The molecule has 112 valence electrons. The number of hydrogen-bond donors (Lipinski definition) is 1. The zero-order valence-corrected chi connectivity index (χ0v) is 12.3. The first kappa shape index (κ1) is 14.8. The highest BCUT2D eigenvalue weighted by atomic mass is 16.5. The van der Waals surface area contributed by atoms with Crippen LogP contribution in [0.2, 0.25) is 0 Å². The zero-order chi connectivity index (χ0) is 14.4. The van der Waals surface area contributed by atoms with Crippen molar-refractivity contribution in [3.63, 3.8) is 0 Å². The van der Waals surface area contributed by atoms with Crippen molar-refractivity contribution in [3.05, 3.63) is 12.4 Å². The molecule has 2 rings (SSSR count).